The Hall–Kier alpha value is -1.06. The summed E-state index contributed by atoms with van der Waals surface area (Å²) in [6, 6.07) is 8.48. The fraction of sp³-hybridized carbons (Fsp3) is 0.625. The molecule has 0 spiro atoms. The Kier molecular flexibility index (Phi) is 4.36. The molecule has 3 rings (SSSR count). The third-order valence-electron chi connectivity index (χ3n) is 4.12. The van der Waals surface area contributed by atoms with Crippen LogP contribution >= 0.6 is 0 Å². The molecule has 3 nitrogen and oxygen atoms in total. The third-order valence-corrected chi connectivity index (χ3v) is 4.12. The molecule has 3 heteroatoms. The van der Waals surface area contributed by atoms with Gasteiger partial charge in [0.2, 0.25) is 6.29 Å². The predicted molar refractivity (Wildman–Crippen MR) is 75.5 cm³/mol. The van der Waals surface area contributed by atoms with Gasteiger partial charge in [-0.05, 0) is 30.4 Å². The van der Waals surface area contributed by atoms with Crippen LogP contribution in [0, 0.1) is 0 Å². The smallest absolute Gasteiger partial charge is 0.212 e. The zero-order valence-electron chi connectivity index (χ0n) is 11.4. The molecule has 0 bridgehead atoms. The zero-order valence-corrected chi connectivity index (χ0v) is 11.4. The second-order valence-electron chi connectivity index (χ2n) is 5.50. The third kappa shape index (κ3) is 3.28. The Bertz CT molecular complexity index is 395. The molecule has 2 fully saturated rings. The van der Waals surface area contributed by atoms with Crippen molar-refractivity contribution in [3.8, 4) is 5.75 Å². The van der Waals surface area contributed by atoms with Crippen molar-refractivity contribution in [3.05, 3.63) is 29.8 Å². The predicted octanol–water partition coefficient (Wildman–Crippen LogP) is 3.06. The number of para-hydroxylation sites is 1. The molecular formula is C16H23NO2. The Morgan fingerprint density at radius 2 is 1.95 bits per heavy atom. The molecule has 1 heterocycles. The molecule has 1 aliphatic carbocycles. The molecule has 1 aliphatic heterocycles. The van der Waals surface area contributed by atoms with E-state index in [0.717, 1.165) is 25.4 Å². The minimum absolute atomic E-state index is 0.140. The van der Waals surface area contributed by atoms with Gasteiger partial charge in [-0.2, -0.15) is 0 Å². The van der Waals surface area contributed by atoms with Crippen LogP contribution in [0.2, 0.25) is 0 Å². The largest absolute Gasteiger partial charge is 0.463 e. The number of hydrogen-bond acceptors (Lipinski definition) is 3. The van der Waals surface area contributed by atoms with E-state index in [-0.39, 0.29) is 6.29 Å². The first-order chi connectivity index (χ1) is 9.43. The zero-order chi connectivity index (χ0) is 12.9. The topological polar surface area (TPSA) is 30.5 Å². The summed E-state index contributed by atoms with van der Waals surface area (Å²) in [4.78, 5) is 0. The molecule has 104 valence electrons. The summed E-state index contributed by atoms with van der Waals surface area (Å²) in [5.41, 5.74) is 1.37. The molecule has 1 unspecified atom stereocenters. The van der Waals surface area contributed by atoms with E-state index >= 15 is 0 Å². The summed E-state index contributed by atoms with van der Waals surface area (Å²) in [6.07, 6.45) is 6.53. The van der Waals surface area contributed by atoms with E-state index in [1.54, 1.807) is 0 Å². The molecule has 1 atom stereocenters. The SMILES string of the molecule is c1ccc(C2CCCCC2)c(OC2CNCCO2)c1. The lowest BCUT2D eigenvalue weighted by molar-refractivity contribution is -0.0952. The second kappa shape index (κ2) is 6.40. The summed E-state index contributed by atoms with van der Waals surface area (Å²) in [5, 5.41) is 3.30. The average Bonchev–Trinajstić information content (AvgIpc) is 2.50. The molecule has 1 aromatic carbocycles. The highest BCUT2D eigenvalue weighted by atomic mass is 16.7. The highest BCUT2D eigenvalue weighted by molar-refractivity contribution is 5.36. The van der Waals surface area contributed by atoms with Crippen LogP contribution < -0.4 is 10.1 Å². The first kappa shape index (κ1) is 12.9. The summed E-state index contributed by atoms with van der Waals surface area (Å²) in [5.74, 6) is 1.68. The van der Waals surface area contributed by atoms with Crippen molar-refractivity contribution in [1.29, 1.82) is 0 Å². The molecule has 0 aromatic heterocycles. The van der Waals surface area contributed by atoms with Crippen molar-refractivity contribution in [1.82, 2.24) is 5.32 Å². The molecule has 19 heavy (non-hydrogen) atoms. The minimum atomic E-state index is -0.140. The Morgan fingerprint density at radius 1 is 1.11 bits per heavy atom. The maximum Gasteiger partial charge on any atom is 0.212 e. The highest BCUT2D eigenvalue weighted by Gasteiger charge is 2.21. The van der Waals surface area contributed by atoms with Crippen LogP contribution in [0.5, 0.6) is 5.75 Å². The molecule has 1 aromatic rings. The molecule has 0 amide bonds. The van der Waals surface area contributed by atoms with Gasteiger partial charge in [-0.25, -0.2) is 0 Å². The quantitative estimate of drug-likeness (QED) is 0.907. The Balaban J connectivity index is 1.72. The molecular weight excluding hydrogens is 238 g/mol. The second-order valence-corrected chi connectivity index (χ2v) is 5.50. The molecule has 0 radical (unpaired) electrons. The number of morpholine rings is 1. The summed E-state index contributed by atoms with van der Waals surface area (Å²) in [6.45, 7) is 2.43. The van der Waals surface area contributed by atoms with Gasteiger partial charge in [-0.15, -0.1) is 0 Å². The molecule has 2 aliphatic rings. The number of ether oxygens (including phenoxy) is 2. The van der Waals surface area contributed by atoms with Crippen molar-refractivity contribution in [2.75, 3.05) is 19.7 Å². The standard InChI is InChI=1S/C16H23NO2/c1-2-6-13(7-3-1)14-8-4-5-9-15(14)19-16-12-17-10-11-18-16/h4-5,8-9,13,16-17H,1-3,6-7,10-12H2. The fourth-order valence-corrected chi connectivity index (χ4v) is 3.10. The number of benzene rings is 1. The summed E-state index contributed by atoms with van der Waals surface area (Å²) < 4.78 is 11.7. The summed E-state index contributed by atoms with van der Waals surface area (Å²) in [7, 11) is 0. The number of rotatable bonds is 3. The van der Waals surface area contributed by atoms with E-state index in [0.29, 0.717) is 5.92 Å². The van der Waals surface area contributed by atoms with Gasteiger partial charge in [0.25, 0.3) is 0 Å². The lowest BCUT2D eigenvalue weighted by Gasteiger charge is -2.28. The Labute approximate surface area is 115 Å². The van der Waals surface area contributed by atoms with Crippen LogP contribution in [-0.2, 0) is 4.74 Å². The van der Waals surface area contributed by atoms with E-state index in [4.69, 9.17) is 9.47 Å². The molecule has 1 saturated carbocycles. The first-order valence-corrected chi connectivity index (χ1v) is 7.51. The van der Waals surface area contributed by atoms with Crippen LogP contribution in [0.4, 0.5) is 0 Å². The van der Waals surface area contributed by atoms with E-state index in [1.165, 1.54) is 37.7 Å². The van der Waals surface area contributed by atoms with Crippen LogP contribution in [0.25, 0.3) is 0 Å². The van der Waals surface area contributed by atoms with Gasteiger partial charge in [0.1, 0.15) is 5.75 Å². The maximum absolute atomic E-state index is 6.05. The summed E-state index contributed by atoms with van der Waals surface area (Å²) >= 11 is 0. The lowest BCUT2D eigenvalue weighted by atomic mass is 9.84. The van der Waals surface area contributed by atoms with Gasteiger partial charge >= 0.3 is 0 Å². The van der Waals surface area contributed by atoms with Crippen molar-refractivity contribution in [3.63, 3.8) is 0 Å². The number of hydrogen-bond donors (Lipinski definition) is 1. The van der Waals surface area contributed by atoms with Gasteiger partial charge in [-0.1, -0.05) is 37.5 Å². The van der Waals surface area contributed by atoms with Gasteiger partial charge in [0.05, 0.1) is 13.2 Å². The molecule has 1 saturated heterocycles. The number of nitrogens with one attached hydrogen (secondary N) is 1. The van der Waals surface area contributed by atoms with Gasteiger partial charge in [0.15, 0.2) is 0 Å². The van der Waals surface area contributed by atoms with E-state index in [9.17, 15) is 0 Å². The van der Waals surface area contributed by atoms with Crippen LogP contribution in [0.1, 0.15) is 43.6 Å². The van der Waals surface area contributed by atoms with Crippen molar-refractivity contribution < 1.29 is 9.47 Å². The van der Waals surface area contributed by atoms with Crippen molar-refractivity contribution in [2.45, 2.75) is 44.3 Å². The van der Waals surface area contributed by atoms with Gasteiger partial charge in [-0.3, -0.25) is 0 Å². The van der Waals surface area contributed by atoms with Crippen LogP contribution in [0.3, 0.4) is 0 Å². The average molecular weight is 261 g/mol. The van der Waals surface area contributed by atoms with Crippen molar-refractivity contribution >= 4 is 0 Å². The normalized spacial score (nSPS) is 25.2. The maximum atomic E-state index is 6.05. The van der Waals surface area contributed by atoms with Crippen LogP contribution in [0.15, 0.2) is 24.3 Å². The highest BCUT2D eigenvalue weighted by Crippen LogP contribution is 2.37. The minimum Gasteiger partial charge on any atom is -0.463 e. The fourth-order valence-electron chi connectivity index (χ4n) is 3.10. The van der Waals surface area contributed by atoms with E-state index in [2.05, 4.69) is 29.6 Å². The Morgan fingerprint density at radius 3 is 2.74 bits per heavy atom. The molecule has 1 N–H and O–H groups in total. The van der Waals surface area contributed by atoms with Gasteiger partial charge in [0, 0.05) is 6.54 Å². The van der Waals surface area contributed by atoms with Gasteiger partial charge < -0.3 is 14.8 Å². The van der Waals surface area contributed by atoms with E-state index in [1.807, 2.05) is 0 Å². The monoisotopic (exact) mass is 261 g/mol. The van der Waals surface area contributed by atoms with Crippen LogP contribution in [-0.4, -0.2) is 26.0 Å². The van der Waals surface area contributed by atoms with E-state index < -0.39 is 0 Å². The van der Waals surface area contributed by atoms with Crippen molar-refractivity contribution in [2.24, 2.45) is 0 Å². The first-order valence-electron chi connectivity index (χ1n) is 7.51. The lowest BCUT2D eigenvalue weighted by Crippen LogP contribution is -2.41.